The van der Waals surface area contributed by atoms with E-state index in [2.05, 4.69) is 0 Å². The summed E-state index contributed by atoms with van der Waals surface area (Å²) in [4.78, 5) is 47.4. The smallest absolute Gasteiger partial charge is 0.154 e. The van der Waals surface area contributed by atoms with Crippen molar-refractivity contribution in [3.8, 4) is 34.5 Å². The molecule has 0 amide bonds. The number of hydrogen-bond donors (Lipinski definition) is 6. The third-order valence-electron chi connectivity index (χ3n) is 7.80. The van der Waals surface area contributed by atoms with E-state index in [9.17, 15) is 49.8 Å². The van der Waals surface area contributed by atoms with Crippen molar-refractivity contribution in [2.75, 3.05) is 0 Å². The molecule has 10 heteroatoms. The number of benzene rings is 3. The van der Waals surface area contributed by atoms with Crippen molar-refractivity contribution in [3.63, 3.8) is 0 Å². The van der Waals surface area contributed by atoms with Gasteiger partial charge in [-0.25, -0.2) is 0 Å². The van der Waals surface area contributed by atoms with E-state index in [1.807, 2.05) is 0 Å². The van der Waals surface area contributed by atoms with Crippen molar-refractivity contribution in [2.24, 2.45) is 0 Å². The molecule has 0 radical (unpaired) electrons. The summed E-state index contributed by atoms with van der Waals surface area (Å²) >= 11 is 0. The molecule has 0 fully saturated rings. The number of phenols is 6. The van der Waals surface area contributed by atoms with Crippen molar-refractivity contribution in [1.82, 2.24) is 0 Å². The van der Waals surface area contributed by atoms with Crippen LogP contribution in [0.1, 0.15) is 99.2 Å². The van der Waals surface area contributed by atoms with E-state index < -0.39 is 46.3 Å². The van der Waals surface area contributed by atoms with E-state index in [-0.39, 0.29) is 74.5 Å². The molecule has 3 rings (SSSR count). The van der Waals surface area contributed by atoms with Crippen LogP contribution in [0.5, 0.6) is 34.5 Å². The molecular weight excluding hydrogens is 532 g/mol. The van der Waals surface area contributed by atoms with Crippen molar-refractivity contribution in [2.45, 2.75) is 59.3 Å². The molecule has 0 aromatic heterocycles. The standard InChI is InChI=1S/C31H32O10/c1-13(16(4)34)18-8-26(36)22(30(40)24(18)11-32)6-20-15(3)21(29(39)10-28(20)38)7-23-27(37)9-19(14(2)17(5)35)25(12-33)31(23)41/h8-14,36-41H,6-7H2,1-5H3/t13-,14-/m1/s1. The maximum Gasteiger partial charge on any atom is 0.154 e. The van der Waals surface area contributed by atoms with Crippen LogP contribution in [-0.4, -0.2) is 54.8 Å². The number of carbonyl (C=O) groups is 4. The number of Topliss-reactive ketones (excluding diaryl/α,β-unsaturated/α-hetero) is 2. The Morgan fingerprint density at radius 2 is 0.951 bits per heavy atom. The summed E-state index contributed by atoms with van der Waals surface area (Å²) in [5.41, 5.74) is 0.226. The number of phenolic OH excluding ortho intramolecular Hbond substituents is 6. The lowest BCUT2D eigenvalue weighted by atomic mass is 9.86. The van der Waals surface area contributed by atoms with Gasteiger partial charge in [0.05, 0.1) is 11.1 Å². The average molecular weight is 565 g/mol. The third kappa shape index (κ3) is 5.58. The van der Waals surface area contributed by atoms with Gasteiger partial charge in [0.2, 0.25) is 0 Å². The second-order valence-electron chi connectivity index (χ2n) is 10.2. The highest BCUT2D eigenvalue weighted by Crippen LogP contribution is 2.43. The van der Waals surface area contributed by atoms with Gasteiger partial charge in [0.25, 0.3) is 0 Å². The van der Waals surface area contributed by atoms with Crippen LogP contribution in [-0.2, 0) is 22.4 Å². The second-order valence-corrected chi connectivity index (χ2v) is 10.2. The van der Waals surface area contributed by atoms with Crippen molar-refractivity contribution in [3.05, 3.63) is 68.3 Å². The monoisotopic (exact) mass is 564 g/mol. The number of aldehydes is 2. The first kappa shape index (κ1) is 30.7. The Balaban J connectivity index is 2.16. The summed E-state index contributed by atoms with van der Waals surface area (Å²) in [5, 5.41) is 64.5. The summed E-state index contributed by atoms with van der Waals surface area (Å²) in [6, 6.07) is 3.43. The summed E-state index contributed by atoms with van der Waals surface area (Å²) < 4.78 is 0. The Kier molecular flexibility index (Phi) is 8.76. The zero-order valence-corrected chi connectivity index (χ0v) is 23.3. The molecule has 216 valence electrons. The third-order valence-corrected chi connectivity index (χ3v) is 7.80. The Morgan fingerprint density at radius 1 is 0.634 bits per heavy atom. The van der Waals surface area contributed by atoms with E-state index in [0.29, 0.717) is 12.6 Å². The lowest BCUT2D eigenvalue weighted by molar-refractivity contribution is -0.118. The molecule has 10 nitrogen and oxygen atoms in total. The van der Waals surface area contributed by atoms with Crippen LogP contribution in [0.15, 0.2) is 18.2 Å². The molecule has 0 aliphatic heterocycles. The summed E-state index contributed by atoms with van der Waals surface area (Å²) in [5.74, 6) is -4.93. The van der Waals surface area contributed by atoms with Gasteiger partial charge in [-0.2, -0.15) is 0 Å². The molecule has 6 N–H and O–H groups in total. The van der Waals surface area contributed by atoms with Gasteiger partial charge in [0.1, 0.15) is 46.1 Å². The minimum Gasteiger partial charge on any atom is -0.508 e. The largest absolute Gasteiger partial charge is 0.508 e. The van der Waals surface area contributed by atoms with Crippen LogP contribution in [0, 0.1) is 6.92 Å². The van der Waals surface area contributed by atoms with Crippen molar-refractivity contribution >= 4 is 24.1 Å². The Hall–Kier alpha value is -4.86. The molecule has 0 aliphatic carbocycles. The topological polar surface area (TPSA) is 190 Å². The normalized spacial score (nSPS) is 12.5. The fourth-order valence-electron chi connectivity index (χ4n) is 4.89. The van der Waals surface area contributed by atoms with Crippen LogP contribution in [0.4, 0.5) is 0 Å². The summed E-state index contributed by atoms with van der Waals surface area (Å²) in [7, 11) is 0. The van der Waals surface area contributed by atoms with Crippen LogP contribution < -0.4 is 0 Å². The highest BCUT2D eigenvalue weighted by molar-refractivity contribution is 5.91. The van der Waals surface area contributed by atoms with Crippen LogP contribution >= 0.6 is 0 Å². The molecule has 2 atom stereocenters. The van der Waals surface area contributed by atoms with E-state index in [1.54, 1.807) is 0 Å². The molecule has 0 aliphatic rings. The summed E-state index contributed by atoms with van der Waals surface area (Å²) in [6.45, 7) is 7.20. The van der Waals surface area contributed by atoms with Gasteiger partial charge in [-0.15, -0.1) is 0 Å². The van der Waals surface area contributed by atoms with E-state index in [4.69, 9.17) is 0 Å². The predicted molar refractivity (Wildman–Crippen MR) is 149 cm³/mol. The van der Waals surface area contributed by atoms with Gasteiger partial charge in [0, 0.05) is 53.0 Å². The molecule has 0 saturated heterocycles. The zero-order valence-electron chi connectivity index (χ0n) is 23.3. The zero-order chi connectivity index (χ0) is 30.9. The van der Waals surface area contributed by atoms with Gasteiger partial charge in [-0.05, 0) is 49.6 Å². The fourth-order valence-corrected chi connectivity index (χ4v) is 4.89. The molecular formula is C31H32O10. The molecule has 3 aromatic rings. The van der Waals surface area contributed by atoms with E-state index in [0.717, 1.165) is 6.07 Å². The fraction of sp³-hybridized carbons (Fsp3) is 0.290. The van der Waals surface area contributed by atoms with Gasteiger partial charge >= 0.3 is 0 Å². The number of carbonyl (C=O) groups excluding carboxylic acids is 4. The molecule has 0 unspecified atom stereocenters. The Bertz CT molecular complexity index is 1470. The SMILES string of the molecule is CC(=O)[C@@H](C)c1cc(O)c(Cc2c(O)cc(O)c(Cc3c(O)cc([C@H](C)C(C)=O)c(C=O)c3O)c2C)c(O)c1C=O. The quantitative estimate of drug-likeness (QED) is 0.192. The minimum absolute atomic E-state index is 0.113. The highest BCUT2D eigenvalue weighted by atomic mass is 16.3. The molecule has 0 bridgehead atoms. The lowest BCUT2D eigenvalue weighted by Crippen LogP contribution is -2.09. The van der Waals surface area contributed by atoms with Crippen molar-refractivity contribution in [1.29, 1.82) is 0 Å². The van der Waals surface area contributed by atoms with Crippen LogP contribution in [0.2, 0.25) is 0 Å². The van der Waals surface area contributed by atoms with Gasteiger partial charge < -0.3 is 30.6 Å². The van der Waals surface area contributed by atoms with Gasteiger partial charge in [0.15, 0.2) is 12.6 Å². The van der Waals surface area contributed by atoms with E-state index >= 15 is 0 Å². The minimum atomic E-state index is -0.780. The first-order valence-corrected chi connectivity index (χ1v) is 12.8. The maximum atomic E-state index is 11.9. The van der Waals surface area contributed by atoms with Gasteiger partial charge in [-0.3, -0.25) is 19.2 Å². The molecule has 0 spiro atoms. The molecule has 41 heavy (non-hydrogen) atoms. The first-order valence-electron chi connectivity index (χ1n) is 12.8. The molecule has 0 saturated carbocycles. The number of ketones is 2. The first-order chi connectivity index (χ1) is 19.2. The van der Waals surface area contributed by atoms with Crippen molar-refractivity contribution < 1.29 is 49.8 Å². The molecule has 3 aromatic carbocycles. The van der Waals surface area contributed by atoms with Crippen LogP contribution in [0.25, 0.3) is 0 Å². The highest BCUT2D eigenvalue weighted by Gasteiger charge is 2.27. The average Bonchev–Trinajstić information content (AvgIpc) is 2.90. The number of aromatic hydroxyl groups is 6. The predicted octanol–water partition coefficient (Wildman–Crippen LogP) is 4.42. The molecule has 0 heterocycles. The number of rotatable bonds is 10. The maximum absolute atomic E-state index is 11.9. The summed E-state index contributed by atoms with van der Waals surface area (Å²) in [6.07, 6.45) is 0.138. The van der Waals surface area contributed by atoms with E-state index in [1.165, 1.54) is 46.8 Å². The van der Waals surface area contributed by atoms with Crippen LogP contribution in [0.3, 0.4) is 0 Å². The second kappa shape index (κ2) is 11.7. The van der Waals surface area contributed by atoms with Gasteiger partial charge in [-0.1, -0.05) is 13.8 Å². The number of hydrogen-bond acceptors (Lipinski definition) is 10. The lowest BCUT2D eigenvalue weighted by Gasteiger charge is -2.20. The Morgan fingerprint density at radius 3 is 1.24 bits per heavy atom. The Labute approximate surface area is 236 Å².